The van der Waals surface area contributed by atoms with Crippen LogP contribution in [0.2, 0.25) is 0 Å². The van der Waals surface area contributed by atoms with Crippen molar-refractivity contribution < 1.29 is 9.84 Å². The highest BCUT2D eigenvalue weighted by atomic mass is 16.5. The van der Waals surface area contributed by atoms with Gasteiger partial charge in [-0.1, -0.05) is 59.9 Å². The third-order valence-electron chi connectivity index (χ3n) is 4.33. The smallest absolute Gasteiger partial charge is 0.122 e. The molecule has 0 amide bonds. The lowest BCUT2D eigenvalue weighted by Gasteiger charge is -2.23. The van der Waals surface area contributed by atoms with Gasteiger partial charge in [-0.15, -0.1) is 0 Å². The van der Waals surface area contributed by atoms with Gasteiger partial charge in [0.1, 0.15) is 5.75 Å². The van der Waals surface area contributed by atoms with Gasteiger partial charge in [-0.2, -0.15) is 0 Å². The maximum absolute atomic E-state index is 10.3. The number of ether oxygens (including phenoxy) is 1. The molecule has 0 spiro atoms. The molecule has 0 bridgehead atoms. The minimum Gasteiger partial charge on any atom is -0.507 e. The molecule has 0 aliphatic carbocycles. The van der Waals surface area contributed by atoms with Crippen molar-refractivity contribution in [2.45, 2.75) is 79.2 Å². The second-order valence-electron chi connectivity index (χ2n) is 7.49. The van der Waals surface area contributed by atoms with E-state index in [1.54, 1.807) is 0 Å². The molecular weight excluding hydrogens is 272 g/mol. The molecule has 2 heteroatoms. The van der Waals surface area contributed by atoms with Gasteiger partial charge in [0.25, 0.3) is 0 Å². The summed E-state index contributed by atoms with van der Waals surface area (Å²) in [6, 6.07) is 4.13. The number of unbranched alkanes of at least 4 members (excludes halogenated alkanes) is 1. The number of hydrogen-bond donors (Lipinski definition) is 1. The average Bonchev–Trinajstić information content (AvgIpc) is 2.44. The number of phenols is 1. The van der Waals surface area contributed by atoms with Crippen LogP contribution < -0.4 is 0 Å². The first-order valence-corrected chi connectivity index (χ1v) is 8.70. The van der Waals surface area contributed by atoms with Crippen molar-refractivity contribution in [2.24, 2.45) is 5.92 Å². The molecule has 0 aliphatic rings. The molecule has 0 aliphatic heterocycles. The van der Waals surface area contributed by atoms with E-state index in [2.05, 4.69) is 40.7 Å². The first kappa shape index (κ1) is 19.0. The average molecular weight is 306 g/mol. The Morgan fingerprint density at radius 1 is 1.18 bits per heavy atom. The molecule has 1 unspecified atom stereocenters. The van der Waals surface area contributed by atoms with Crippen LogP contribution in [0.3, 0.4) is 0 Å². The van der Waals surface area contributed by atoms with E-state index in [1.807, 2.05) is 13.0 Å². The van der Waals surface area contributed by atoms with Crippen LogP contribution in [0.5, 0.6) is 5.75 Å². The van der Waals surface area contributed by atoms with Crippen LogP contribution >= 0.6 is 0 Å². The zero-order chi connectivity index (χ0) is 16.8. The third kappa shape index (κ3) is 5.64. The Balaban J connectivity index is 2.68. The van der Waals surface area contributed by atoms with E-state index in [1.165, 1.54) is 25.7 Å². The summed E-state index contributed by atoms with van der Waals surface area (Å²) in [6.45, 7) is 14.3. The Labute approximate surface area is 136 Å². The highest BCUT2D eigenvalue weighted by molar-refractivity contribution is 5.46. The summed E-state index contributed by atoms with van der Waals surface area (Å²) in [6.07, 6.45) is 4.98. The van der Waals surface area contributed by atoms with E-state index in [0.29, 0.717) is 18.3 Å². The highest BCUT2D eigenvalue weighted by Gasteiger charge is 2.20. The Morgan fingerprint density at radius 2 is 1.86 bits per heavy atom. The molecule has 0 fully saturated rings. The van der Waals surface area contributed by atoms with E-state index >= 15 is 0 Å². The lowest BCUT2D eigenvalue weighted by atomic mass is 9.84. The lowest BCUT2D eigenvalue weighted by molar-refractivity contribution is 0.0818. The van der Waals surface area contributed by atoms with Crippen molar-refractivity contribution in [3.8, 4) is 5.75 Å². The fourth-order valence-corrected chi connectivity index (χ4v) is 2.75. The van der Waals surface area contributed by atoms with Gasteiger partial charge in [0.05, 0.1) is 6.61 Å². The van der Waals surface area contributed by atoms with Gasteiger partial charge in [0, 0.05) is 6.61 Å². The van der Waals surface area contributed by atoms with Crippen molar-refractivity contribution in [1.29, 1.82) is 0 Å². The van der Waals surface area contributed by atoms with Crippen LogP contribution in [0.4, 0.5) is 0 Å². The molecule has 0 saturated heterocycles. The SMILES string of the molecule is CCCCC(CC)COCc1cc(C)c(O)c(C(C)(C)C)c1. The lowest BCUT2D eigenvalue weighted by Crippen LogP contribution is -2.13. The van der Waals surface area contributed by atoms with Gasteiger partial charge in [0.2, 0.25) is 0 Å². The molecule has 0 heterocycles. The first-order chi connectivity index (χ1) is 10.3. The summed E-state index contributed by atoms with van der Waals surface area (Å²) in [5.41, 5.74) is 3.04. The van der Waals surface area contributed by atoms with Gasteiger partial charge in [0.15, 0.2) is 0 Å². The summed E-state index contributed by atoms with van der Waals surface area (Å²) >= 11 is 0. The maximum Gasteiger partial charge on any atom is 0.122 e. The van der Waals surface area contributed by atoms with Gasteiger partial charge in [-0.25, -0.2) is 0 Å². The number of rotatable bonds is 8. The summed E-state index contributed by atoms with van der Waals surface area (Å²) in [5, 5.41) is 10.3. The van der Waals surface area contributed by atoms with E-state index in [-0.39, 0.29) is 5.41 Å². The predicted molar refractivity (Wildman–Crippen MR) is 94.5 cm³/mol. The number of aromatic hydroxyl groups is 1. The van der Waals surface area contributed by atoms with Crippen molar-refractivity contribution in [3.63, 3.8) is 0 Å². The van der Waals surface area contributed by atoms with Gasteiger partial charge < -0.3 is 9.84 Å². The van der Waals surface area contributed by atoms with Crippen LogP contribution in [-0.4, -0.2) is 11.7 Å². The Bertz CT molecular complexity index is 458. The molecule has 2 nitrogen and oxygen atoms in total. The summed E-state index contributed by atoms with van der Waals surface area (Å²) in [7, 11) is 0. The van der Waals surface area contributed by atoms with Gasteiger partial charge >= 0.3 is 0 Å². The number of benzene rings is 1. The van der Waals surface area contributed by atoms with E-state index in [4.69, 9.17) is 4.74 Å². The Hall–Kier alpha value is -1.02. The van der Waals surface area contributed by atoms with Crippen LogP contribution in [-0.2, 0) is 16.8 Å². The number of hydrogen-bond acceptors (Lipinski definition) is 2. The molecule has 1 N–H and O–H groups in total. The van der Waals surface area contributed by atoms with Crippen LogP contribution in [0.1, 0.15) is 77.0 Å². The molecule has 0 aromatic heterocycles. The molecule has 0 radical (unpaired) electrons. The standard InChI is InChI=1S/C20H34O2/c1-7-9-10-16(8-2)13-22-14-17-11-15(3)19(21)18(12-17)20(4,5)6/h11-12,16,21H,7-10,13-14H2,1-6H3. The maximum atomic E-state index is 10.3. The minimum atomic E-state index is -0.0576. The van der Waals surface area contributed by atoms with E-state index in [0.717, 1.165) is 23.3 Å². The Kier molecular flexibility index (Phi) is 7.41. The summed E-state index contributed by atoms with van der Waals surface area (Å²) in [4.78, 5) is 0. The molecular formula is C20H34O2. The minimum absolute atomic E-state index is 0.0576. The zero-order valence-corrected chi connectivity index (χ0v) is 15.3. The van der Waals surface area contributed by atoms with E-state index in [9.17, 15) is 5.11 Å². The second-order valence-corrected chi connectivity index (χ2v) is 7.49. The van der Waals surface area contributed by atoms with Crippen molar-refractivity contribution in [1.82, 2.24) is 0 Å². The molecule has 1 aromatic carbocycles. The monoisotopic (exact) mass is 306 g/mol. The van der Waals surface area contributed by atoms with E-state index < -0.39 is 0 Å². The molecule has 0 saturated carbocycles. The highest BCUT2D eigenvalue weighted by Crippen LogP contribution is 2.34. The molecule has 126 valence electrons. The summed E-state index contributed by atoms with van der Waals surface area (Å²) < 4.78 is 5.95. The largest absolute Gasteiger partial charge is 0.507 e. The second kappa shape index (κ2) is 8.57. The topological polar surface area (TPSA) is 29.5 Å². The number of aryl methyl sites for hydroxylation is 1. The zero-order valence-electron chi connectivity index (χ0n) is 15.3. The molecule has 1 rings (SSSR count). The van der Waals surface area contributed by atoms with Gasteiger partial charge in [-0.05, 0) is 47.4 Å². The van der Waals surface area contributed by atoms with Crippen molar-refractivity contribution in [3.05, 3.63) is 28.8 Å². The fourth-order valence-electron chi connectivity index (χ4n) is 2.75. The summed E-state index contributed by atoms with van der Waals surface area (Å²) in [5.74, 6) is 1.09. The quantitative estimate of drug-likeness (QED) is 0.664. The van der Waals surface area contributed by atoms with Crippen LogP contribution in [0, 0.1) is 12.8 Å². The first-order valence-electron chi connectivity index (χ1n) is 8.70. The van der Waals surface area contributed by atoms with Crippen molar-refractivity contribution >= 4 is 0 Å². The molecule has 1 aromatic rings. The predicted octanol–water partition coefficient (Wildman–Crippen LogP) is 5.73. The Morgan fingerprint density at radius 3 is 2.41 bits per heavy atom. The molecule has 22 heavy (non-hydrogen) atoms. The fraction of sp³-hybridized carbons (Fsp3) is 0.700. The number of phenolic OH excluding ortho intramolecular Hbond substituents is 1. The molecule has 1 atom stereocenters. The van der Waals surface area contributed by atoms with Crippen LogP contribution in [0.25, 0.3) is 0 Å². The van der Waals surface area contributed by atoms with Crippen LogP contribution in [0.15, 0.2) is 12.1 Å². The third-order valence-corrected chi connectivity index (χ3v) is 4.33. The van der Waals surface area contributed by atoms with Crippen molar-refractivity contribution in [2.75, 3.05) is 6.61 Å². The van der Waals surface area contributed by atoms with Gasteiger partial charge in [-0.3, -0.25) is 0 Å². The normalized spacial score (nSPS) is 13.4.